The first-order valence-corrected chi connectivity index (χ1v) is 2.58. The van der Waals surface area contributed by atoms with Crippen molar-refractivity contribution in [2.24, 2.45) is 0 Å². The van der Waals surface area contributed by atoms with Gasteiger partial charge in [-0.15, -0.1) is 0 Å². The van der Waals surface area contributed by atoms with E-state index in [9.17, 15) is 4.11 Å². The Labute approximate surface area is 92.3 Å². The molecule has 0 spiro atoms. The molecule has 0 aliphatic rings. The Morgan fingerprint density at radius 2 is 1.14 bits per heavy atom. The van der Waals surface area contributed by atoms with Gasteiger partial charge >= 0.3 is 58.0 Å². The standard InChI is InChI=1S/Al.Ba.FH3O3Si.5H/c;;1-5(2,3)4;;;;;/h;;2-4H;;;;;. The van der Waals surface area contributed by atoms with E-state index in [1.807, 2.05) is 0 Å². The Kier molecular flexibility index (Phi) is 14.3. The molecule has 42 valence electrons. The summed E-state index contributed by atoms with van der Waals surface area (Å²) in [4.78, 5) is 21.3. The SMILES string of the molecule is O[Si](O)(O)F.[AlH3].[BaH2]. The summed E-state index contributed by atoms with van der Waals surface area (Å²) in [5, 5.41) is 0. The first-order chi connectivity index (χ1) is 2.00. The van der Waals surface area contributed by atoms with Crippen LogP contribution in [0.25, 0.3) is 0 Å². The average molecular weight is 267 g/mol. The maximum atomic E-state index is 10.5. The van der Waals surface area contributed by atoms with Crippen molar-refractivity contribution in [2.75, 3.05) is 0 Å². The van der Waals surface area contributed by atoms with Gasteiger partial charge in [0.15, 0.2) is 17.4 Å². The molecule has 0 unspecified atom stereocenters. The van der Waals surface area contributed by atoms with E-state index in [1.165, 1.54) is 0 Å². The Hall–Kier alpha value is 2.13. The van der Waals surface area contributed by atoms with Crippen molar-refractivity contribution in [3.63, 3.8) is 0 Å². The maximum absolute atomic E-state index is 10.5. The van der Waals surface area contributed by atoms with Gasteiger partial charge in [0.2, 0.25) is 0 Å². The zero-order chi connectivity index (χ0) is 4.50. The molecule has 0 bridgehead atoms. The van der Waals surface area contributed by atoms with Gasteiger partial charge < -0.3 is 14.4 Å². The van der Waals surface area contributed by atoms with Crippen molar-refractivity contribution in [1.82, 2.24) is 0 Å². The zero-order valence-electron chi connectivity index (χ0n) is 2.22. The van der Waals surface area contributed by atoms with Gasteiger partial charge in [0.1, 0.15) is 0 Å². The third-order valence-corrected chi connectivity index (χ3v) is 0. The van der Waals surface area contributed by atoms with Gasteiger partial charge in [0, 0.05) is 0 Å². The second-order valence-electron chi connectivity index (χ2n) is 0.554. The molecule has 0 fully saturated rings. The van der Waals surface area contributed by atoms with Gasteiger partial charge in [-0.2, -0.15) is 0 Å². The molecule has 0 aromatic rings. The van der Waals surface area contributed by atoms with Crippen LogP contribution in [-0.2, 0) is 0 Å². The fraction of sp³-hybridized carbons (Fsp3) is 0. The third kappa shape index (κ3) is 67.3. The molecule has 0 aromatic heterocycles. The van der Waals surface area contributed by atoms with Crippen LogP contribution in [0.1, 0.15) is 0 Å². The second kappa shape index (κ2) is 6.25. The summed E-state index contributed by atoms with van der Waals surface area (Å²) in [6.45, 7) is 0. The number of rotatable bonds is 0. The van der Waals surface area contributed by atoms with E-state index in [4.69, 9.17) is 14.4 Å². The van der Waals surface area contributed by atoms with Crippen LogP contribution in [-0.4, -0.2) is 89.8 Å². The van der Waals surface area contributed by atoms with Crippen LogP contribution in [0, 0.1) is 0 Å². The Balaban J connectivity index is -0.0000000800. The molecule has 7 heteroatoms. The predicted octanol–water partition coefficient (Wildman–Crippen LogP) is -3.73. The van der Waals surface area contributed by atoms with E-state index in [0.29, 0.717) is 0 Å². The second-order valence-corrected chi connectivity index (χ2v) is 1.66. The Bertz CT molecular complexity index is 30.4. The molecule has 0 aliphatic carbocycles. The summed E-state index contributed by atoms with van der Waals surface area (Å²) in [6.07, 6.45) is 0. The van der Waals surface area contributed by atoms with Crippen LogP contribution < -0.4 is 0 Å². The van der Waals surface area contributed by atoms with Gasteiger partial charge in [0.25, 0.3) is 0 Å². The topological polar surface area (TPSA) is 60.7 Å². The van der Waals surface area contributed by atoms with Gasteiger partial charge in [-0.05, 0) is 0 Å². The van der Waals surface area contributed by atoms with E-state index in [-0.39, 0.29) is 66.2 Å². The Morgan fingerprint density at radius 3 is 1.14 bits per heavy atom. The summed E-state index contributed by atoms with van der Waals surface area (Å²) in [5.41, 5.74) is 0. The molecule has 0 saturated carbocycles. The molecule has 0 heterocycles. The first kappa shape index (κ1) is 16.1. The predicted molar refractivity (Wildman–Crippen MR) is 32.0 cm³/mol. The van der Waals surface area contributed by atoms with Crippen LogP contribution in [0.5, 0.6) is 0 Å². The molecular formula is H8AlBaFO3Si. The van der Waals surface area contributed by atoms with Crippen molar-refractivity contribution in [3.05, 3.63) is 0 Å². The number of hydrogen-bond acceptors (Lipinski definition) is 3. The zero-order valence-corrected chi connectivity index (χ0v) is 3.22. The van der Waals surface area contributed by atoms with Crippen LogP contribution in [0.15, 0.2) is 0 Å². The molecule has 7 heavy (non-hydrogen) atoms. The van der Waals surface area contributed by atoms with Crippen LogP contribution in [0.3, 0.4) is 0 Å². The molecule has 3 nitrogen and oxygen atoms in total. The summed E-state index contributed by atoms with van der Waals surface area (Å²) in [7, 11) is -5.11. The fourth-order valence-corrected chi connectivity index (χ4v) is 0. The van der Waals surface area contributed by atoms with Crippen LogP contribution in [0.2, 0.25) is 0 Å². The van der Waals surface area contributed by atoms with E-state index in [1.54, 1.807) is 0 Å². The van der Waals surface area contributed by atoms with E-state index >= 15 is 0 Å². The van der Waals surface area contributed by atoms with E-state index in [0.717, 1.165) is 0 Å². The first-order valence-electron chi connectivity index (χ1n) is 0.860. The van der Waals surface area contributed by atoms with Crippen LogP contribution in [0.4, 0.5) is 4.11 Å². The van der Waals surface area contributed by atoms with Gasteiger partial charge in [-0.3, -0.25) is 0 Å². The molecule has 3 N–H and O–H groups in total. The molecule has 0 amide bonds. The molecule has 0 aliphatic heterocycles. The van der Waals surface area contributed by atoms with Crippen LogP contribution >= 0.6 is 0 Å². The quantitative estimate of drug-likeness (QED) is 0.312. The summed E-state index contributed by atoms with van der Waals surface area (Å²) in [5.74, 6) is 0. The Morgan fingerprint density at radius 1 is 1.14 bits per heavy atom. The van der Waals surface area contributed by atoms with E-state index in [2.05, 4.69) is 0 Å². The minimum atomic E-state index is -5.11. The molecule has 0 rings (SSSR count). The monoisotopic (exact) mass is 268 g/mol. The van der Waals surface area contributed by atoms with Crippen molar-refractivity contribution in [2.45, 2.75) is 0 Å². The van der Waals surface area contributed by atoms with Crippen molar-refractivity contribution in [3.8, 4) is 0 Å². The van der Waals surface area contributed by atoms with Gasteiger partial charge in [0.05, 0.1) is 0 Å². The third-order valence-electron chi connectivity index (χ3n) is 0. The fourth-order valence-electron chi connectivity index (χ4n) is 0. The van der Waals surface area contributed by atoms with Gasteiger partial charge in [-0.25, -0.2) is 4.11 Å². The van der Waals surface area contributed by atoms with Crippen molar-refractivity contribution >= 4 is 75.4 Å². The number of hydrogen-bond donors (Lipinski definition) is 3. The van der Waals surface area contributed by atoms with Crippen molar-refractivity contribution in [1.29, 1.82) is 0 Å². The summed E-state index contributed by atoms with van der Waals surface area (Å²) in [6, 6.07) is 0. The molecule has 0 atom stereocenters. The molecule has 0 saturated heterocycles. The summed E-state index contributed by atoms with van der Waals surface area (Å²) >= 11 is 0. The molecular weight excluding hydrogens is 259 g/mol. The number of halogens is 1. The minimum absolute atomic E-state index is 0. The van der Waals surface area contributed by atoms with Gasteiger partial charge in [-0.1, -0.05) is 0 Å². The normalized spacial score (nSPS) is 8.57. The molecule has 0 radical (unpaired) electrons. The molecule has 0 aromatic carbocycles. The van der Waals surface area contributed by atoms with E-state index < -0.39 is 9.14 Å². The summed E-state index contributed by atoms with van der Waals surface area (Å²) < 4.78 is 10.5. The average Bonchev–Trinajstić information content (AvgIpc) is 0.722. The van der Waals surface area contributed by atoms with Crippen molar-refractivity contribution < 1.29 is 18.5 Å².